The number of benzene rings is 1. The Labute approximate surface area is 126 Å². The molecule has 0 saturated heterocycles. The van der Waals surface area contributed by atoms with Crippen molar-refractivity contribution in [3.05, 3.63) is 36.4 Å². The SMILES string of the molecule is CC(C)C(C)(C)CNc1cc(N)nc(-c2ccccc2)n1. The summed E-state index contributed by atoms with van der Waals surface area (Å²) >= 11 is 0. The number of nitrogens with zero attached hydrogens (tertiary/aromatic N) is 2. The molecule has 0 bridgehead atoms. The average Bonchev–Trinajstić information content (AvgIpc) is 2.45. The molecule has 0 aliphatic rings. The van der Waals surface area contributed by atoms with E-state index in [1.54, 1.807) is 6.07 Å². The van der Waals surface area contributed by atoms with Crippen LogP contribution in [-0.2, 0) is 0 Å². The Morgan fingerprint density at radius 3 is 2.43 bits per heavy atom. The standard InChI is InChI=1S/C17H24N4/c1-12(2)17(3,4)11-19-15-10-14(18)20-16(21-15)13-8-6-5-7-9-13/h5-10,12H,11H2,1-4H3,(H3,18,19,20,21). The van der Waals surface area contributed by atoms with Crippen LogP contribution in [0.5, 0.6) is 0 Å². The van der Waals surface area contributed by atoms with E-state index >= 15 is 0 Å². The van der Waals surface area contributed by atoms with Crippen molar-refractivity contribution in [2.45, 2.75) is 27.7 Å². The third-order valence-corrected chi connectivity index (χ3v) is 4.07. The highest BCUT2D eigenvalue weighted by Crippen LogP contribution is 2.26. The molecule has 4 nitrogen and oxygen atoms in total. The van der Waals surface area contributed by atoms with E-state index < -0.39 is 0 Å². The van der Waals surface area contributed by atoms with E-state index in [0.29, 0.717) is 17.6 Å². The molecule has 0 aliphatic heterocycles. The van der Waals surface area contributed by atoms with E-state index in [1.807, 2.05) is 30.3 Å². The molecule has 2 rings (SSSR count). The van der Waals surface area contributed by atoms with Gasteiger partial charge in [-0.25, -0.2) is 9.97 Å². The zero-order chi connectivity index (χ0) is 15.5. The van der Waals surface area contributed by atoms with Crippen LogP contribution in [0.15, 0.2) is 36.4 Å². The van der Waals surface area contributed by atoms with Gasteiger partial charge in [0.2, 0.25) is 0 Å². The molecule has 112 valence electrons. The molecule has 0 unspecified atom stereocenters. The van der Waals surface area contributed by atoms with E-state index in [4.69, 9.17) is 5.73 Å². The number of rotatable bonds is 5. The highest BCUT2D eigenvalue weighted by atomic mass is 15.1. The van der Waals surface area contributed by atoms with Crippen LogP contribution in [0.4, 0.5) is 11.6 Å². The molecule has 0 fully saturated rings. The van der Waals surface area contributed by atoms with E-state index in [9.17, 15) is 0 Å². The lowest BCUT2D eigenvalue weighted by Gasteiger charge is -2.29. The van der Waals surface area contributed by atoms with E-state index in [0.717, 1.165) is 17.9 Å². The maximum Gasteiger partial charge on any atom is 0.163 e. The van der Waals surface area contributed by atoms with Gasteiger partial charge in [-0.1, -0.05) is 58.0 Å². The van der Waals surface area contributed by atoms with Crippen LogP contribution in [0.2, 0.25) is 0 Å². The van der Waals surface area contributed by atoms with Crippen LogP contribution in [0.25, 0.3) is 11.4 Å². The van der Waals surface area contributed by atoms with E-state index in [-0.39, 0.29) is 5.41 Å². The summed E-state index contributed by atoms with van der Waals surface area (Å²) in [6, 6.07) is 11.7. The van der Waals surface area contributed by atoms with Gasteiger partial charge in [-0.3, -0.25) is 0 Å². The molecule has 4 heteroatoms. The molecule has 0 saturated carbocycles. The Bertz CT molecular complexity index is 591. The summed E-state index contributed by atoms with van der Waals surface area (Å²) in [5.74, 6) is 2.49. The Kier molecular flexibility index (Phi) is 4.46. The second-order valence-electron chi connectivity index (χ2n) is 6.36. The number of hydrogen-bond donors (Lipinski definition) is 2. The zero-order valence-corrected chi connectivity index (χ0v) is 13.2. The van der Waals surface area contributed by atoms with Crippen molar-refractivity contribution in [3.8, 4) is 11.4 Å². The number of aromatic nitrogens is 2. The molecule has 21 heavy (non-hydrogen) atoms. The van der Waals surface area contributed by atoms with Crippen LogP contribution in [0.3, 0.4) is 0 Å². The first-order chi connectivity index (χ1) is 9.88. The van der Waals surface area contributed by atoms with Gasteiger partial charge in [0, 0.05) is 18.2 Å². The second kappa shape index (κ2) is 6.12. The monoisotopic (exact) mass is 284 g/mol. The Hall–Kier alpha value is -2.10. The molecular weight excluding hydrogens is 260 g/mol. The van der Waals surface area contributed by atoms with Crippen LogP contribution in [-0.4, -0.2) is 16.5 Å². The normalized spacial score (nSPS) is 11.7. The van der Waals surface area contributed by atoms with Crippen LogP contribution in [0, 0.1) is 11.3 Å². The van der Waals surface area contributed by atoms with Crippen molar-refractivity contribution in [2.75, 3.05) is 17.6 Å². The van der Waals surface area contributed by atoms with Gasteiger partial charge in [0.05, 0.1) is 0 Å². The molecular formula is C17H24N4. The summed E-state index contributed by atoms with van der Waals surface area (Å²) in [6.07, 6.45) is 0. The average molecular weight is 284 g/mol. The largest absolute Gasteiger partial charge is 0.384 e. The summed E-state index contributed by atoms with van der Waals surface area (Å²) in [5, 5.41) is 3.39. The quantitative estimate of drug-likeness (QED) is 0.876. The van der Waals surface area contributed by atoms with Gasteiger partial charge < -0.3 is 11.1 Å². The Balaban J connectivity index is 2.20. The van der Waals surface area contributed by atoms with Crippen molar-refractivity contribution in [2.24, 2.45) is 11.3 Å². The molecule has 1 aromatic carbocycles. The Morgan fingerprint density at radius 1 is 1.14 bits per heavy atom. The predicted octanol–water partition coefficient (Wildman–Crippen LogP) is 3.82. The maximum atomic E-state index is 5.90. The third kappa shape index (κ3) is 3.94. The number of nitrogens with two attached hydrogens (primary N) is 1. The van der Waals surface area contributed by atoms with Crippen LogP contribution >= 0.6 is 0 Å². The fourth-order valence-electron chi connectivity index (χ4n) is 1.80. The van der Waals surface area contributed by atoms with Gasteiger partial charge >= 0.3 is 0 Å². The highest BCUT2D eigenvalue weighted by molar-refractivity contribution is 5.60. The molecule has 1 aromatic heterocycles. The van der Waals surface area contributed by atoms with Gasteiger partial charge in [0.15, 0.2) is 5.82 Å². The summed E-state index contributed by atoms with van der Waals surface area (Å²) in [7, 11) is 0. The van der Waals surface area contributed by atoms with Crippen molar-refractivity contribution in [1.29, 1.82) is 0 Å². The Morgan fingerprint density at radius 2 is 1.81 bits per heavy atom. The minimum absolute atomic E-state index is 0.187. The molecule has 2 aromatic rings. The maximum absolute atomic E-state index is 5.90. The lowest BCUT2D eigenvalue weighted by molar-refractivity contribution is 0.269. The number of nitrogen functional groups attached to an aromatic ring is 1. The molecule has 0 spiro atoms. The van der Waals surface area contributed by atoms with Crippen molar-refractivity contribution in [1.82, 2.24) is 9.97 Å². The van der Waals surface area contributed by atoms with Gasteiger partial charge in [-0.2, -0.15) is 0 Å². The van der Waals surface area contributed by atoms with Gasteiger partial charge in [-0.05, 0) is 11.3 Å². The number of anilines is 2. The minimum Gasteiger partial charge on any atom is -0.384 e. The second-order valence-corrected chi connectivity index (χ2v) is 6.36. The molecule has 3 N–H and O–H groups in total. The summed E-state index contributed by atoms with van der Waals surface area (Å²) in [6.45, 7) is 9.78. The van der Waals surface area contributed by atoms with Crippen molar-refractivity contribution in [3.63, 3.8) is 0 Å². The van der Waals surface area contributed by atoms with Crippen LogP contribution in [0.1, 0.15) is 27.7 Å². The van der Waals surface area contributed by atoms with Crippen molar-refractivity contribution >= 4 is 11.6 Å². The first kappa shape index (κ1) is 15.3. The fraction of sp³-hybridized carbons (Fsp3) is 0.412. The van der Waals surface area contributed by atoms with E-state index in [2.05, 4.69) is 43.0 Å². The molecule has 0 atom stereocenters. The summed E-state index contributed by atoms with van der Waals surface area (Å²) in [4.78, 5) is 8.87. The van der Waals surface area contributed by atoms with Crippen LogP contribution < -0.4 is 11.1 Å². The van der Waals surface area contributed by atoms with E-state index in [1.165, 1.54) is 0 Å². The first-order valence-electron chi connectivity index (χ1n) is 7.32. The highest BCUT2D eigenvalue weighted by Gasteiger charge is 2.22. The molecule has 0 radical (unpaired) electrons. The van der Waals surface area contributed by atoms with Gasteiger partial charge in [0.25, 0.3) is 0 Å². The fourth-order valence-corrected chi connectivity index (χ4v) is 1.80. The van der Waals surface area contributed by atoms with Gasteiger partial charge in [0.1, 0.15) is 11.6 Å². The zero-order valence-electron chi connectivity index (χ0n) is 13.2. The van der Waals surface area contributed by atoms with Crippen molar-refractivity contribution < 1.29 is 0 Å². The lowest BCUT2D eigenvalue weighted by atomic mass is 9.81. The smallest absolute Gasteiger partial charge is 0.163 e. The summed E-state index contributed by atoms with van der Waals surface area (Å²) in [5.41, 5.74) is 7.06. The third-order valence-electron chi connectivity index (χ3n) is 4.07. The number of nitrogens with one attached hydrogen (secondary N) is 1. The lowest BCUT2D eigenvalue weighted by Crippen LogP contribution is -2.28. The molecule has 0 aliphatic carbocycles. The first-order valence-corrected chi connectivity index (χ1v) is 7.32. The predicted molar refractivity (Wildman–Crippen MR) is 89.0 cm³/mol. The summed E-state index contributed by atoms with van der Waals surface area (Å²) < 4.78 is 0. The molecule has 0 amide bonds. The van der Waals surface area contributed by atoms with Gasteiger partial charge in [-0.15, -0.1) is 0 Å². The molecule has 1 heterocycles. The number of hydrogen-bond acceptors (Lipinski definition) is 4. The minimum atomic E-state index is 0.187. The topological polar surface area (TPSA) is 63.8 Å².